The summed E-state index contributed by atoms with van der Waals surface area (Å²) in [4.78, 5) is 17.5. The van der Waals surface area contributed by atoms with Gasteiger partial charge in [-0.3, -0.25) is 9.97 Å². The Morgan fingerprint density at radius 3 is 2.20 bits per heavy atom. The molecule has 2 amide bonds. The van der Waals surface area contributed by atoms with Crippen molar-refractivity contribution in [2.75, 3.05) is 31.8 Å². The molecule has 2 atom stereocenters. The number of hydrogen-bond donors (Lipinski definition) is 4. The number of nitrogen functional groups attached to an aromatic ring is 2. The number of nitrogens with one attached hydrogen (secondary N) is 1. The number of allylic oxidation sites excluding steroid dienone is 3. The Morgan fingerprint density at radius 2 is 1.69 bits per heavy atom. The Kier molecular flexibility index (Phi) is 15.1. The van der Waals surface area contributed by atoms with E-state index in [0.717, 1.165) is 16.7 Å². The van der Waals surface area contributed by atoms with Crippen molar-refractivity contribution in [1.29, 1.82) is 5.41 Å². The molecule has 0 bridgehead atoms. The Morgan fingerprint density at radius 1 is 1.07 bits per heavy atom. The summed E-state index contributed by atoms with van der Waals surface area (Å²) < 4.78 is 29.1. The minimum Gasteiger partial charge on any atom is -0.481 e. The fourth-order valence-corrected chi connectivity index (χ4v) is 6.00. The summed E-state index contributed by atoms with van der Waals surface area (Å²) in [5.41, 5.74) is 14.8. The fourth-order valence-electron chi connectivity index (χ4n) is 4.68. The van der Waals surface area contributed by atoms with Crippen molar-refractivity contribution in [3.8, 4) is 5.75 Å². The number of aliphatic hydroxyl groups excluding tert-OH is 1. The lowest BCUT2D eigenvalue weighted by molar-refractivity contribution is 0.0590. The zero-order valence-corrected chi connectivity index (χ0v) is 27.7. The van der Waals surface area contributed by atoms with E-state index in [1.54, 1.807) is 79.1 Å². The lowest BCUT2D eigenvalue weighted by atomic mass is 9.99. The van der Waals surface area contributed by atoms with E-state index >= 15 is 0 Å². The summed E-state index contributed by atoms with van der Waals surface area (Å²) in [6, 6.07) is 11.3. The number of amidine groups is 1. The van der Waals surface area contributed by atoms with E-state index in [2.05, 4.69) is 13.2 Å². The lowest BCUT2D eigenvalue weighted by Crippen LogP contribution is -2.51. The number of anilines is 1. The number of hydrogen-bond acceptors (Lipinski definition) is 8. The third-order valence-electron chi connectivity index (χ3n) is 6.99. The van der Waals surface area contributed by atoms with Crippen molar-refractivity contribution < 1.29 is 28.3 Å². The highest BCUT2D eigenvalue weighted by molar-refractivity contribution is 7.53. The number of urea groups is 1. The first-order valence-electron chi connectivity index (χ1n) is 14.9. The van der Waals surface area contributed by atoms with Crippen molar-refractivity contribution >= 4 is 25.1 Å². The largest absolute Gasteiger partial charge is 0.481 e. The van der Waals surface area contributed by atoms with Gasteiger partial charge in [-0.1, -0.05) is 49.6 Å². The van der Waals surface area contributed by atoms with Gasteiger partial charge in [0.25, 0.3) is 0 Å². The van der Waals surface area contributed by atoms with E-state index in [1.165, 1.54) is 0 Å². The van der Waals surface area contributed by atoms with Crippen molar-refractivity contribution in [3.05, 3.63) is 96.1 Å². The standard InChI is InChI=1S/C33H48N5O6P/c1-7-12-25(8-2)20-31(24(6)39)38(33(40)37(9-3)21-27-15-18-30(34)29(19-27)32(35)36)22-26-13-16-28(17-14-26)42-23-45(41,43-10-4)44-11-5/h7-8,12-19,24,31,39H,1-2,9-11,20-23,34H2,3-6H3,(H3,35,36)/b25-12+. The van der Waals surface area contributed by atoms with Gasteiger partial charge in [-0.15, -0.1) is 0 Å². The predicted octanol–water partition coefficient (Wildman–Crippen LogP) is 6.04. The van der Waals surface area contributed by atoms with E-state index in [0.29, 0.717) is 30.0 Å². The molecule has 0 heterocycles. The summed E-state index contributed by atoms with van der Waals surface area (Å²) in [6.45, 7) is 15.9. The van der Waals surface area contributed by atoms with Gasteiger partial charge in [-0.25, -0.2) is 4.79 Å². The van der Waals surface area contributed by atoms with Crippen LogP contribution in [0.4, 0.5) is 10.5 Å². The van der Waals surface area contributed by atoms with Crippen molar-refractivity contribution in [2.24, 2.45) is 5.73 Å². The molecule has 0 saturated heterocycles. The first kappa shape index (κ1) is 37.3. The summed E-state index contributed by atoms with van der Waals surface area (Å²) in [7, 11) is -3.39. The summed E-state index contributed by atoms with van der Waals surface area (Å²) in [6.07, 6.45) is 4.36. The Bertz CT molecular complexity index is 1370. The molecule has 0 radical (unpaired) electrons. The first-order chi connectivity index (χ1) is 21.4. The SMILES string of the molecule is C=C/C=C(\C=C)CC(C(C)O)N(Cc1ccc(OCP(=O)(OCC)OCC)cc1)C(=O)N(CC)Cc1ccc(N)c(C(=N)N)c1. The highest BCUT2D eigenvalue weighted by Gasteiger charge is 2.31. The van der Waals surface area contributed by atoms with Crippen LogP contribution in [0.15, 0.2) is 79.4 Å². The van der Waals surface area contributed by atoms with Crippen LogP contribution < -0.4 is 16.2 Å². The molecule has 12 heteroatoms. The molecule has 0 saturated carbocycles. The molecule has 6 N–H and O–H groups in total. The van der Waals surface area contributed by atoms with E-state index in [1.807, 2.05) is 19.1 Å². The van der Waals surface area contributed by atoms with Gasteiger partial charge in [-0.05, 0) is 75.1 Å². The second-order valence-electron chi connectivity index (χ2n) is 10.3. The molecular weight excluding hydrogens is 593 g/mol. The van der Waals surface area contributed by atoms with Gasteiger partial charge in [0, 0.05) is 30.9 Å². The van der Waals surface area contributed by atoms with Gasteiger partial charge in [-0.2, -0.15) is 0 Å². The number of rotatable bonds is 19. The topological polar surface area (TPSA) is 164 Å². The monoisotopic (exact) mass is 641 g/mol. The first-order valence-corrected chi connectivity index (χ1v) is 16.6. The molecule has 45 heavy (non-hydrogen) atoms. The third kappa shape index (κ3) is 11.2. The van der Waals surface area contributed by atoms with Gasteiger partial charge in [0.05, 0.1) is 25.4 Å². The number of carbonyl (C=O) groups is 1. The maximum atomic E-state index is 14.2. The van der Waals surface area contributed by atoms with E-state index in [9.17, 15) is 14.5 Å². The molecule has 0 aliphatic heterocycles. The summed E-state index contributed by atoms with van der Waals surface area (Å²) in [5, 5.41) is 18.8. The number of benzene rings is 2. The number of aliphatic hydroxyl groups is 1. The van der Waals surface area contributed by atoms with Crippen molar-refractivity contribution in [2.45, 2.75) is 59.4 Å². The number of nitrogens with two attached hydrogens (primary N) is 2. The predicted molar refractivity (Wildman–Crippen MR) is 180 cm³/mol. The smallest absolute Gasteiger partial charge is 0.367 e. The van der Waals surface area contributed by atoms with E-state index in [-0.39, 0.29) is 44.5 Å². The van der Waals surface area contributed by atoms with Gasteiger partial charge in [0.1, 0.15) is 11.6 Å². The number of carbonyl (C=O) groups excluding carboxylic acids is 1. The van der Waals surface area contributed by atoms with Crippen molar-refractivity contribution in [1.82, 2.24) is 9.80 Å². The number of nitrogens with zero attached hydrogens (tertiary/aromatic N) is 2. The summed E-state index contributed by atoms with van der Waals surface area (Å²) >= 11 is 0. The molecule has 2 unspecified atom stereocenters. The van der Waals surface area contributed by atoms with Crippen LogP contribution in [-0.4, -0.2) is 65.0 Å². The minimum absolute atomic E-state index is 0.156. The third-order valence-corrected chi connectivity index (χ3v) is 8.74. The van der Waals surface area contributed by atoms with Gasteiger partial charge >= 0.3 is 13.6 Å². The van der Waals surface area contributed by atoms with Crippen LogP contribution in [0.5, 0.6) is 5.75 Å². The highest BCUT2D eigenvalue weighted by Crippen LogP contribution is 2.47. The quantitative estimate of drug-likeness (QED) is 0.0474. The zero-order valence-electron chi connectivity index (χ0n) is 26.8. The molecule has 0 aromatic heterocycles. The normalized spacial score (nSPS) is 13.0. The second kappa shape index (κ2) is 18.2. The number of ether oxygens (including phenoxy) is 1. The molecule has 0 spiro atoms. The molecule has 0 aliphatic rings. The average molecular weight is 642 g/mol. The van der Waals surface area contributed by atoms with Crippen LogP contribution >= 0.6 is 7.60 Å². The average Bonchev–Trinajstić information content (AvgIpc) is 3.01. The maximum Gasteiger partial charge on any atom is 0.367 e. The Balaban J connectivity index is 2.42. The Labute approximate surface area is 267 Å². The highest BCUT2D eigenvalue weighted by atomic mass is 31.2. The molecule has 0 aliphatic carbocycles. The fraction of sp³-hybridized carbons (Fsp3) is 0.394. The molecule has 0 fully saturated rings. The van der Waals surface area contributed by atoms with E-state index in [4.69, 9.17) is 30.7 Å². The van der Waals surface area contributed by atoms with Crippen LogP contribution in [0.3, 0.4) is 0 Å². The van der Waals surface area contributed by atoms with Gasteiger partial charge in [0.15, 0.2) is 6.35 Å². The Hall–Kier alpha value is -3.89. The second-order valence-corrected chi connectivity index (χ2v) is 12.3. The molecule has 2 aromatic rings. The van der Waals surface area contributed by atoms with E-state index < -0.39 is 19.7 Å². The molecular formula is C33H48N5O6P. The maximum absolute atomic E-state index is 14.2. The van der Waals surface area contributed by atoms with Crippen LogP contribution in [0, 0.1) is 5.41 Å². The summed E-state index contributed by atoms with van der Waals surface area (Å²) in [5.74, 6) is 0.308. The molecule has 11 nitrogen and oxygen atoms in total. The molecule has 2 rings (SSSR count). The molecule has 246 valence electrons. The van der Waals surface area contributed by atoms with Crippen LogP contribution in [0.2, 0.25) is 0 Å². The molecule has 2 aromatic carbocycles. The van der Waals surface area contributed by atoms with Crippen LogP contribution in [0.1, 0.15) is 50.8 Å². The number of amides is 2. The van der Waals surface area contributed by atoms with Crippen LogP contribution in [0.25, 0.3) is 0 Å². The van der Waals surface area contributed by atoms with Gasteiger partial charge < -0.3 is 40.2 Å². The minimum atomic E-state index is -3.39. The zero-order chi connectivity index (χ0) is 33.6. The lowest BCUT2D eigenvalue weighted by Gasteiger charge is -2.38. The van der Waals surface area contributed by atoms with Gasteiger partial charge in [0.2, 0.25) is 0 Å². The van der Waals surface area contributed by atoms with Crippen LogP contribution in [-0.2, 0) is 26.7 Å². The van der Waals surface area contributed by atoms with Crippen molar-refractivity contribution in [3.63, 3.8) is 0 Å².